The Bertz CT molecular complexity index is 703. The van der Waals surface area contributed by atoms with Crippen LogP contribution in [0.25, 0.3) is 5.65 Å². The van der Waals surface area contributed by atoms with Crippen LogP contribution in [-0.4, -0.2) is 16.0 Å². The molecule has 3 nitrogen and oxygen atoms in total. The van der Waals surface area contributed by atoms with E-state index in [1.54, 1.807) is 0 Å². The number of fused-ring (bicyclic) bond motifs is 1. The van der Waals surface area contributed by atoms with Crippen molar-refractivity contribution in [2.24, 2.45) is 0 Å². The van der Waals surface area contributed by atoms with Crippen LogP contribution in [0.4, 0.5) is 0 Å². The lowest BCUT2D eigenvalue weighted by Crippen LogP contribution is -2.09. The second-order valence-corrected chi connectivity index (χ2v) is 4.86. The number of ether oxygens (including phenoxy) is 1. The summed E-state index contributed by atoms with van der Waals surface area (Å²) in [4.78, 5) is 4.47. The second kappa shape index (κ2) is 5.47. The maximum absolute atomic E-state index is 5.96. The zero-order valence-electron chi connectivity index (χ0n) is 11.8. The van der Waals surface area contributed by atoms with Gasteiger partial charge < -0.3 is 9.14 Å². The molecule has 1 aromatic carbocycles. The highest BCUT2D eigenvalue weighted by atomic mass is 16.5. The van der Waals surface area contributed by atoms with Gasteiger partial charge in [-0.15, -0.1) is 0 Å². The first-order valence-corrected chi connectivity index (χ1v) is 6.89. The molecule has 20 heavy (non-hydrogen) atoms. The van der Waals surface area contributed by atoms with Gasteiger partial charge >= 0.3 is 0 Å². The number of aryl methyl sites for hydroxylation is 1. The summed E-state index contributed by atoms with van der Waals surface area (Å²) in [5.74, 6) is 0. The SMILES string of the molecule is CCOC(c1ccccc1)c1cnc2ccc(C)cn12. The van der Waals surface area contributed by atoms with Gasteiger partial charge in [-0.05, 0) is 31.0 Å². The van der Waals surface area contributed by atoms with Crippen LogP contribution in [0.15, 0.2) is 54.9 Å². The normalized spacial score (nSPS) is 12.7. The Balaban J connectivity index is 2.12. The van der Waals surface area contributed by atoms with Gasteiger partial charge in [-0.3, -0.25) is 0 Å². The molecule has 2 aromatic heterocycles. The van der Waals surface area contributed by atoms with Crippen molar-refractivity contribution in [2.45, 2.75) is 20.0 Å². The molecule has 0 radical (unpaired) electrons. The molecule has 3 rings (SSSR count). The van der Waals surface area contributed by atoms with Crippen LogP contribution in [0, 0.1) is 6.92 Å². The summed E-state index contributed by atoms with van der Waals surface area (Å²) in [7, 11) is 0. The van der Waals surface area contributed by atoms with Gasteiger partial charge in [0, 0.05) is 12.8 Å². The number of imidazole rings is 1. The van der Waals surface area contributed by atoms with Crippen LogP contribution in [0.3, 0.4) is 0 Å². The van der Waals surface area contributed by atoms with Crippen molar-refractivity contribution in [1.29, 1.82) is 0 Å². The molecule has 1 atom stereocenters. The highest BCUT2D eigenvalue weighted by Crippen LogP contribution is 2.26. The second-order valence-electron chi connectivity index (χ2n) is 4.86. The third-order valence-electron chi connectivity index (χ3n) is 3.39. The summed E-state index contributed by atoms with van der Waals surface area (Å²) in [6.45, 7) is 4.77. The Hall–Kier alpha value is -2.13. The average Bonchev–Trinajstić information content (AvgIpc) is 2.88. The molecule has 0 aliphatic rings. The van der Waals surface area contributed by atoms with Crippen molar-refractivity contribution in [2.75, 3.05) is 6.61 Å². The van der Waals surface area contributed by atoms with Crippen LogP contribution < -0.4 is 0 Å². The molecule has 0 bridgehead atoms. The Labute approximate surface area is 118 Å². The van der Waals surface area contributed by atoms with E-state index in [2.05, 4.69) is 40.7 Å². The van der Waals surface area contributed by atoms with Crippen molar-refractivity contribution in [1.82, 2.24) is 9.38 Å². The molecule has 0 saturated carbocycles. The van der Waals surface area contributed by atoms with Crippen LogP contribution in [0.2, 0.25) is 0 Å². The zero-order chi connectivity index (χ0) is 13.9. The lowest BCUT2D eigenvalue weighted by molar-refractivity contribution is 0.0878. The monoisotopic (exact) mass is 266 g/mol. The molecule has 0 amide bonds. The predicted molar refractivity (Wildman–Crippen MR) is 79.8 cm³/mol. The molecule has 0 saturated heterocycles. The highest BCUT2D eigenvalue weighted by molar-refractivity contribution is 5.43. The number of rotatable bonds is 4. The Morgan fingerprint density at radius 1 is 1.15 bits per heavy atom. The van der Waals surface area contributed by atoms with E-state index in [-0.39, 0.29) is 6.10 Å². The number of pyridine rings is 1. The third kappa shape index (κ3) is 2.32. The predicted octanol–water partition coefficient (Wildman–Crippen LogP) is 3.77. The first-order valence-electron chi connectivity index (χ1n) is 6.89. The van der Waals surface area contributed by atoms with E-state index >= 15 is 0 Å². The fourth-order valence-corrected chi connectivity index (χ4v) is 2.45. The summed E-state index contributed by atoms with van der Waals surface area (Å²) in [5.41, 5.74) is 4.38. The smallest absolute Gasteiger partial charge is 0.136 e. The first-order chi connectivity index (χ1) is 9.79. The van der Waals surface area contributed by atoms with Gasteiger partial charge in [0.15, 0.2) is 0 Å². The molecular formula is C17H18N2O. The van der Waals surface area contributed by atoms with E-state index in [1.165, 1.54) is 5.56 Å². The maximum Gasteiger partial charge on any atom is 0.136 e. The van der Waals surface area contributed by atoms with Gasteiger partial charge in [0.05, 0.1) is 11.9 Å². The van der Waals surface area contributed by atoms with Gasteiger partial charge in [-0.2, -0.15) is 0 Å². The summed E-state index contributed by atoms with van der Waals surface area (Å²) in [6.07, 6.45) is 3.92. The van der Waals surface area contributed by atoms with Crippen molar-refractivity contribution >= 4 is 5.65 Å². The van der Waals surface area contributed by atoms with Crippen molar-refractivity contribution < 1.29 is 4.74 Å². The largest absolute Gasteiger partial charge is 0.367 e. The number of hydrogen-bond acceptors (Lipinski definition) is 2. The van der Waals surface area contributed by atoms with E-state index < -0.39 is 0 Å². The molecular weight excluding hydrogens is 248 g/mol. The number of hydrogen-bond donors (Lipinski definition) is 0. The lowest BCUT2D eigenvalue weighted by Gasteiger charge is -2.17. The summed E-state index contributed by atoms with van der Waals surface area (Å²) in [6, 6.07) is 14.4. The van der Waals surface area contributed by atoms with Gasteiger partial charge in [0.25, 0.3) is 0 Å². The maximum atomic E-state index is 5.96. The molecule has 1 unspecified atom stereocenters. The van der Waals surface area contributed by atoms with Crippen molar-refractivity contribution in [3.63, 3.8) is 0 Å². The number of aromatic nitrogens is 2. The van der Waals surface area contributed by atoms with Gasteiger partial charge in [-0.25, -0.2) is 4.98 Å². The fraction of sp³-hybridized carbons (Fsp3) is 0.235. The van der Waals surface area contributed by atoms with E-state index in [0.29, 0.717) is 6.61 Å². The van der Waals surface area contributed by atoms with E-state index in [9.17, 15) is 0 Å². The van der Waals surface area contributed by atoms with Crippen LogP contribution >= 0.6 is 0 Å². The fourth-order valence-electron chi connectivity index (χ4n) is 2.45. The van der Waals surface area contributed by atoms with E-state index in [1.807, 2.05) is 37.4 Å². The molecule has 2 heterocycles. The van der Waals surface area contributed by atoms with Gasteiger partial charge in [0.2, 0.25) is 0 Å². The summed E-state index contributed by atoms with van der Waals surface area (Å²) in [5, 5.41) is 0. The Morgan fingerprint density at radius 2 is 1.95 bits per heavy atom. The van der Waals surface area contributed by atoms with E-state index in [4.69, 9.17) is 4.74 Å². The zero-order valence-corrected chi connectivity index (χ0v) is 11.8. The quantitative estimate of drug-likeness (QED) is 0.718. The topological polar surface area (TPSA) is 26.5 Å². The van der Waals surface area contributed by atoms with Crippen LogP contribution in [-0.2, 0) is 4.74 Å². The third-order valence-corrected chi connectivity index (χ3v) is 3.39. The molecule has 0 fully saturated rings. The van der Waals surface area contributed by atoms with Crippen molar-refractivity contribution in [3.05, 3.63) is 71.7 Å². The van der Waals surface area contributed by atoms with Crippen molar-refractivity contribution in [3.8, 4) is 0 Å². The first kappa shape index (κ1) is 12.9. The molecule has 3 aromatic rings. The standard InChI is InChI=1S/C17H18N2O/c1-3-20-17(14-7-5-4-6-8-14)15-11-18-16-10-9-13(2)12-19(15)16/h4-12,17H,3H2,1-2H3. The Morgan fingerprint density at radius 3 is 2.70 bits per heavy atom. The van der Waals surface area contributed by atoms with Gasteiger partial charge in [-0.1, -0.05) is 36.4 Å². The minimum Gasteiger partial charge on any atom is -0.367 e. The Kier molecular flexibility index (Phi) is 3.52. The summed E-state index contributed by atoms with van der Waals surface area (Å²) < 4.78 is 8.07. The van der Waals surface area contributed by atoms with Gasteiger partial charge in [0.1, 0.15) is 11.8 Å². The molecule has 3 heteroatoms. The highest BCUT2D eigenvalue weighted by Gasteiger charge is 2.18. The number of benzene rings is 1. The molecule has 102 valence electrons. The van der Waals surface area contributed by atoms with Crippen LogP contribution in [0.5, 0.6) is 0 Å². The molecule has 0 N–H and O–H groups in total. The van der Waals surface area contributed by atoms with Crippen LogP contribution in [0.1, 0.15) is 29.8 Å². The minimum atomic E-state index is -0.0852. The molecule has 0 aliphatic carbocycles. The van der Waals surface area contributed by atoms with E-state index in [0.717, 1.165) is 16.9 Å². The minimum absolute atomic E-state index is 0.0852. The lowest BCUT2D eigenvalue weighted by atomic mass is 10.1. The summed E-state index contributed by atoms with van der Waals surface area (Å²) >= 11 is 0. The number of nitrogens with zero attached hydrogens (tertiary/aromatic N) is 2. The molecule has 0 aliphatic heterocycles. The average molecular weight is 266 g/mol. The molecule has 0 spiro atoms.